The largest absolute Gasteiger partial charge is 0.368 e. The molecule has 256 valence electrons. The van der Waals surface area contributed by atoms with Gasteiger partial charge in [-0.2, -0.15) is 4.31 Å². The van der Waals surface area contributed by atoms with Gasteiger partial charge < -0.3 is 4.90 Å². The average Bonchev–Trinajstić information content (AvgIpc) is 3.15. The quantitative estimate of drug-likeness (QED) is 0.168. The van der Waals surface area contributed by atoms with Gasteiger partial charge in [-0.3, -0.25) is 4.98 Å². The molecule has 0 bridgehead atoms. The Morgan fingerprint density at radius 1 is 0.760 bits per heavy atom. The first-order valence-corrected chi connectivity index (χ1v) is 20.1. The smallest absolute Gasteiger partial charge is 0.213 e. The molecule has 0 N–H and O–H groups in total. The van der Waals surface area contributed by atoms with Crippen LogP contribution in [0, 0.1) is 0 Å². The summed E-state index contributed by atoms with van der Waals surface area (Å²) in [4.78, 5) is 6.37. The summed E-state index contributed by atoms with van der Waals surface area (Å²) < 4.78 is 26.4. The van der Waals surface area contributed by atoms with Gasteiger partial charge in [-0.25, -0.2) is 8.42 Å². The molecule has 0 radical (unpaired) electrons. The fraction of sp³-hybridized carbons (Fsp3) is 0.326. The second-order valence-electron chi connectivity index (χ2n) is 14.1. The van der Waals surface area contributed by atoms with Crippen LogP contribution < -0.4 is 4.90 Å². The summed E-state index contributed by atoms with van der Waals surface area (Å²) >= 11 is 6.26. The molecule has 3 aliphatic rings. The summed E-state index contributed by atoms with van der Waals surface area (Å²) in [6.07, 6.45) is 11.1. The van der Waals surface area contributed by atoms with E-state index in [1.807, 2.05) is 30.6 Å². The number of halogens is 1. The monoisotopic (exact) mass is 701 g/mol. The molecule has 5 nitrogen and oxygen atoms in total. The van der Waals surface area contributed by atoms with Crippen molar-refractivity contribution in [3.05, 3.63) is 131 Å². The van der Waals surface area contributed by atoms with E-state index < -0.39 is 10.0 Å². The zero-order valence-corrected chi connectivity index (χ0v) is 30.3. The number of hydrogen-bond acceptors (Lipinski definition) is 4. The number of piperazine rings is 1. The number of anilines is 1. The minimum absolute atomic E-state index is 0.166. The lowest BCUT2D eigenvalue weighted by Crippen LogP contribution is -2.49. The lowest BCUT2D eigenvalue weighted by Gasteiger charge is -2.50. The molecule has 5 aromatic carbocycles. The molecule has 1 saturated heterocycles. The highest BCUT2D eigenvalue weighted by atomic mass is 35.5. The van der Waals surface area contributed by atoms with Gasteiger partial charge in [-0.15, -0.1) is 0 Å². The number of hydrogen-bond donors (Lipinski definition) is 0. The van der Waals surface area contributed by atoms with Gasteiger partial charge in [0.2, 0.25) is 10.0 Å². The minimum Gasteiger partial charge on any atom is -0.368 e. The minimum atomic E-state index is -3.14. The summed E-state index contributed by atoms with van der Waals surface area (Å²) in [6.45, 7) is 4.25. The van der Waals surface area contributed by atoms with E-state index in [4.69, 9.17) is 11.6 Å². The Hall–Kier alpha value is -3.97. The molecule has 2 fully saturated rings. The van der Waals surface area contributed by atoms with Crippen LogP contribution in [0.2, 0.25) is 5.02 Å². The molecule has 0 amide bonds. The van der Waals surface area contributed by atoms with E-state index in [0.717, 1.165) is 24.5 Å². The van der Waals surface area contributed by atoms with Crippen LogP contribution in [0.5, 0.6) is 0 Å². The van der Waals surface area contributed by atoms with Gasteiger partial charge in [0.1, 0.15) is 0 Å². The molecule has 50 heavy (non-hydrogen) atoms. The van der Waals surface area contributed by atoms with E-state index >= 15 is 0 Å². The van der Waals surface area contributed by atoms with Crippen LogP contribution in [0.3, 0.4) is 0 Å². The highest BCUT2D eigenvalue weighted by Gasteiger charge is 2.47. The van der Waals surface area contributed by atoms with E-state index in [-0.39, 0.29) is 11.2 Å². The lowest BCUT2D eigenvalue weighted by atomic mass is 9.53. The first-order chi connectivity index (χ1) is 24.4. The summed E-state index contributed by atoms with van der Waals surface area (Å²) in [7, 11) is -3.14. The molecule has 1 saturated carbocycles. The fourth-order valence-electron chi connectivity index (χ4n) is 8.92. The number of pyridine rings is 1. The van der Waals surface area contributed by atoms with Crippen LogP contribution in [-0.2, 0) is 21.9 Å². The van der Waals surface area contributed by atoms with Crippen LogP contribution in [0.15, 0.2) is 109 Å². The van der Waals surface area contributed by atoms with E-state index in [1.54, 1.807) is 22.4 Å². The molecule has 6 aromatic rings. The predicted octanol–water partition coefficient (Wildman–Crippen LogP) is 9.89. The van der Waals surface area contributed by atoms with Crippen molar-refractivity contribution in [3.8, 4) is 0 Å². The molecule has 1 aliphatic heterocycles. The van der Waals surface area contributed by atoms with E-state index in [0.29, 0.717) is 19.0 Å². The van der Waals surface area contributed by atoms with Crippen molar-refractivity contribution < 1.29 is 8.42 Å². The van der Waals surface area contributed by atoms with Crippen LogP contribution >= 0.6 is 11.6 Å². The SMILES string of the molecule is CCS(=O)(=O)N1CCN(c2cccc3c2ccc2c4c(ccc23)C(C2(c3ccc(Cl)cc3)CCC2)CCC4)CC1.c1ccc2cnccc2c1. The molecule has 0 spiro atoms. The molecule has 2 aliphatic carbocycles. The highest BCUT2D eigenvalue weighted by Crippen LogP contribution is 2.57. The van der Waals surface area contributed by atoms with E-state index in [1.165, 1.54) is 75.7 Å². The van der Waals surface area contributed by atoms with Crippen LogP contribution in [0.25, 0.3) is 32.3 Å². The third-order valence-corrected chi connectivity index (χ3v) is 13.8. The van der Waals surface area contributed by atoms with Gasteiger partial charge in [0.05, 0.1) is 5.75 Å². The average molecular weight is 702 g/mol. The predicted molar refractivity (Wildman–Crippen MR) is 209 cm³/mol. The highest BCUT2D eigenvalue weighted by molar-refractivity contribution is 7.89. The lowest BCUT2D eigenvalue weighted by molar-refractivity contribution is 0.180. The molecule has 1 unspecified atom stereocenters. The van der Waals surface area contributed by atoms with E-state index in [9.17, 15) is 8.42 Å². The van der Waals surface area contributed by atoms with E-state index in [2.05, 4.69) is 88.7 Å². The summed E-state index contributed by atoms with van der Waals surface area (Å²) in [5.74, 6) is 0.715. The Morgan fingerprint density at radius 3 is 2.20 bits per heavy atom. The van der Waals surface area contributed by atoms with Crippen LogP contribution in [0.1, 0.15) is 61.6 Å². The van der Waals surface area contributed by atoms with Crippen molar-refractivity contribution in [2.24, 2.45) is 0 Å². The van der Waals surface area contributed by atoms with Crippen molar-refractivity contribution in [3.63, 3.8) is 0 Å². The number of aromatic nitrogens is 1. The standard InChI is InChI=1S/C34H37ClN2O2S.C9H7N/c1-2-40(38,39)37-22-20-36(21-23-37)33-9-4-7-27-29-14-16-30-26(28(29)15-17-31(27)33)6-3-8-32(30)34(18-5-19-34)24-10-12-25(35)13-11-24;1-2-4-9-7-10-6-5-8(9)3-1/h4,7,9-17,32H,2-3,5-6,8,18-23H2,1H3;1-7H. The maximum absolute atomic E-state index is 12.4. The molecule has 9 rings (SSSR count). The van der Waals surface area contributed by atoms with Gasteiger partial charge >= 0.3 is 0 Å². The zero-order valence-electron chi connectivity index (χ0n) is 28.7. The zero-order chi connectivity index (χ0) is 34.3. The molecule has 7 heteroatoms. The fourth-order valence-corrected chi connectivity index (χ4v) is 10.1. The van der Waals surface area contributed by atoms with Gasteiger partial charge in [0.15, 0.2) is 0 Å². The van der Waals surface area contributed by atoms with Crippen molar-refractivity contribution >= 4 is 59.6 Å². The van der Waals surface area contributed by atoms with Crippen LogP contribution in [0.4, 0.5) is 5.69 Å². The molecular formula is C43H44ClN3O2S. The first kappa shape index (κ1) is 33.2. The summed E-state index contributed by atoms with van der Waals surface area (Å²) in [5, 5.41) is 8.54. The van der Waals surface area contributed by atoms with Crippen molar-refractivity contribution in [2.45, 2.75) is 56.8 Å². The topological polar surface area (TPSA) is 53.5 Å². The number of rotatable bonds is 5. The molecule has 2 heterocycles. The third kappa shape index (κ3) is 5.95. The second kappa shape index (κ2) is 13.6. The number of fused-ring (bicyclic) bond motifs is 6. The first-order valence-electron chi connectivity index (χ1n) is 18.1. The maximum atomic E-state index is 12.4. The van der Waals surface area contributed by atoms with Gasteiger partial charge in [-0.05, 0) is 113 Å². The maximum Gasteiger partial charge on any atom is 0.213 e. The normalized spacial score (nSPS) is 19.1. The van der Waals surface area contributed by atoms with Crippen molar-refractivity contribution in [1.29, 1.82) is 0 Å². The Bertz CT molecular complexity index is 2210. The second-order valence-corrected chi connectivity index (χ2v) is 16.8. The van der Waals surface area contributed by atoms with Crippen molar-refractivity contribution in [1.82, 2.24) is 9.29 Å². The van der Waals surface area contributed by atoms with Gasteiger partial charge in [0, 0.05) is 60.1 Å². The summed E-state index contributed by atoms with van der Waals surface area (Å²) in [6, 6.07) is 35.0. The Labute approximate surface area is 300 Å². The summed E-state index contributed by atoms with van der Waals surface area (Å²) in [5.41, 5.74) is 5.98. The van der Waals surface area contributed by atoms with Crippen molar-refractivity contribution in [2.75, 3.05) is 36.8 Å². The number of benzene rings is 5. The Morgan fingerprint density at radius 2 is 1.48 bits per heavy atom. The number of aryl methyl sites for hydroxylation is 1. The number of sulfonamides is 1. The Balaban J connectivity index is 0.000000309. The molecule has 1 aromatic heterocycles. The third-order valence-electron chi connectivity index (χ3n) is 11.7. The Kier molecular flexibility index (Phi) is 9.05. The van der Waals surface area contributed by atoms with Crippen LogP contribution in [-0.4, -0.2) is 49.6 Å². The molecular weight excluding hydrogens is 658 g/mol. The molecule has 1 atom stereocenters. The van der Waals surface area contributed by atoms with Gasteiger partial charge in [-0.1, -0.05) is 90.8 Å². The van der Waals surface area contributed by atoms with Gasteiger partial charge in [0.25, 0.3) is 0 Å². The number of nitrogens with zero attached hydrogens (tertiary/aromatic N) is 3.